The van der Waals surface area contributed by atoms with Crippen LogP contribution in [0.4, 0.5) is 0 Å². The Morgan fingerprint density at radius 2 is 1.44 bits per heavy atom. The van der Waals surface area contributed by atoms with Crippen molar-refractivity contribution in [2.24, 2.45) is 0 Å². The smallest absolute Gasteiger partial charge is 0.211 e. The molecule has 2 aromatic carbocycles. The van der Waals surface area contributed by atoms with Gasteiger partial charge in [-0.1, -0.05) is 55.2 Å². The minimum absolute atomic E-state index is 0.338. The standard InChI is InChI=1S/C22H31NO2S2/c1-4-5-7-20(26-21-13-9-18(2)10-14-21)8-6-17-23-27(24,25)22-15-11-19(3)12-16-22/h9-16,20,23H,4-8,17H2,1-3H3. The monoisotopic (exact) mass is 405 g/mol. The number of aryl methyl sites for hydroxylation is 2. The minimum atomic E-state index is -3.41. The van der Waals surface area contributed by atoms with E-state index in [1.807, 2.05) is 30.8 Å². The molecule has 27 heavy (non-hydrogen) atoms. The highest BCUT2D eigenvalue weighted by atomic mass is 32.2. The van der Waals surface area contributed by atoms with Gasteiger partial charge in [0.05, 0.1) is 4.90 Å². The summed E-state index contributed by atoms with van der Waals surface area (Å²) < 4.78 is 27.5. The summed E-state index contributed by atoms with van der Waals surface area (Å²) in [5.41, 5.74) is 2.33. The van der Waals surface area contributed by atoms with Crippen LogP contribution in [0.5, 0.6) is 0 Å². The summed E-state index contributed by atoms with van der Waals surface area (Å²) in [4.78, 5) is 1.63. The number of nitrogens with one attached hydrogen (secondary N) is 1. The molecule has 0 spiro atoms. The van der Waals surface area contributed by atoms with Crippen molar-refractivity contribution < 1.29 is 8.42 Å². The van der Waals surface area contributed by atoms with Crippen molar-refractivity contribution in [1.82, 2.24) is 4.72 Å². The van der Waals surface area contributed by atoms with Crippen LogP contribution in [-0.4, -0.2) is 20.2 Å². The molecular formula is C22H31NO2S2. The fraction of sp³-hybridized carbons (Fsp3) is 0.455. The van der Waals surface area contributed by atoms with Crippen LogP contribution < -0.4 is 4.72 Å². The van der Waals surface area contributed by atoms with Crippen LogP contribution in [0.25, 0.3) is 0 Å². The van der Waals surface area contributed by atoms with Crippen LogP contribution in [0.1, 0.15) is 50.2 Å². The van der Waals surface area contributed by atoms with Gasteiger partial charge in [0, 0.05) is 16.7 Å². The van der Waals surface area contributed by atoms with E-state index in [9.17, 15) is 8.42 Å². The Hall–Kier alpha value is -1.30. The normalized spacial score (nSPS) is 12.9. The Kier molecular flexibility index (Phi) is 8.87. The second-order valence-corrected chi connectivity index (χ2v) is 10.2. The maximum absolute atomic E-state index is 12.4. The number of sulfonamides is 1. The molecule has 1 N–H and O–H groups in total. The first-order valence-corrected chi connectivity index (χ1v) is 12.1. The lowest BCUT2D eigenvalue weighted by Gasteiger charge is -2.17. The van der Waals surface area contributed by atoms with Gasteiger partial charge < -0.3 is 0 Å². The topological polar surface area (TPSA) is 46.2 Å². The van der Waals surface area contributed by atoms with Gasteiger partial charge in [-0.15, -0.1) is 11.8 Å². The maximum atomic E-state index is 12.4. The molecule has 0 aromatic heterocycles. The van der Waals surface area contributed by atoms with E-state index < -0.39 is 10.0 Å². The van der Waals surface area contributed by atoms with Gasteiger partial charge in [-0.3, -0.25) is 0 Å². The summed E-state index contributed by atoms with van der Waals surface area (Å²) >= 11 is 1.92. The van der Waals surface area contributed by atoms with Crippen molar-refractivity contribution in [3.8, 4) is 0 Å². The van der Waals surface area contributed by atoms with E-state index in [0.717, 1.165) is 18.4 Å². The molecule has 2 rings (SSSR count). The molecule has 0 bridgehead atoms. The first-order chi connectivity index (χ1) is 12.9. The van der Waals surface area contributed by atoms with Gasteiger partial charge in [0.1, 0.15) is 0 Å². The second-order valence-electron chi connectivity index (χ2n) is 7.05. The summed E-state index contributed by atoms with van der Waals surface area (Å²) in [7, 11) is -3.41. The van der Waals surface area contributed by atoms with E-state index in [-0.39, 0.29) is 0 Å². The van der Waals surface area contributed by atoms with E-state index in [2.05, 4.69) is 42.8 Å². The van der Waals surface area contributed by atoms with E-state index in [1.54, 1.807) is 12.1 Å². The molecule has 1 atom stereocenters. The van der Waals surface area contributed by atoms with Crippen molar-refractivity contribution in [3.05, 3.63) is 59.7 Å². The average molecular weight is 406 g/mol. The van der Waals surface area contributed by atoms with Gasteiger partial charge >= 0.3 is 0 Å². The molecule has 0 amide bonds. The second kappa shape index (κ2) is 10.9. The zero-order valence-electron chi connectivity index (χ0n) is 16.6. The molecule has 2 aromatic rings. The van der Waals surface area contributed by atoms with Crippen molar-refractivity contribution >= 4 is 21.8 Å². The van der Waals surface area contributed by atoms with Crippen LogP contribution in [0.15, 0.2) is 58.3 Å². The van der Waals surface area contributed by atoms with Gasteiger partial charge in [-0.2, -0.15) is 0 Å². The molecule has 148 valence electrons. The Morgan fingerprint density at radius 3 is 2.04 bits per heavy atom. The van der Waals surface area contributed by atoms with Crippen LogP contribution in [-0.2, 0) is 10.0 Å². The predicted octanol–water partition coefficient (Wildman–Crippen LogP) is 5.71. The van der Waals surface area contributed by atoms with Gasteiger partial charge in [0.15, 0.2) is 0 Å². The average Bonchev–Trinajstić information content (AvgIpc) is 2.65. The Labute approximate surface area is 169 Å². The lowest BCUT2D eigenvalue weighted by atomic mass is 10.1. The first kappa shape index (κ1) is 22.0. The third-order valence-electron chi connectivity index (χ3n) is 4.53. The summed E-state index contributed by atoms with van der Waals surface area (Å²) in [6.45, 7) is 6.74. The Balaban J connectivity index is 1.85. The number of rotatable bonds is 11. The highest BCUT2D eigenvalue weighted by Gasteiger charge is 2.14. The molecule has 0 fully saturated rings. The molecule has 5 heteroatoms. The van der Waals surface area contributed by atoms with Gasteiger partial charge in [-0.05, 0) is 57.4 Å². The van der Waals surface area contributed by atoms with E-state index in [0.29, 0.717) is 16.7 Å². The summed E-state index contributed by atoms with van der Waals surface area (Å²) in [6, 6.07) is 15.6. The van der Waals surface area contributed by atoms with Gasteiger partial charge in [0.25, 0.3) is 0 Å². The number of benzene rings is 2. The van der Waals surface area contributed by atoms with Gasteiger partial charge in [0.2, 0.25) is 10.0 Å². The fourth-order valence-electron chi connectivity index (χ4n) is 2.84. The zero-order valence-corrected chi connectivity index (χ0v) is 18.2. The van der Waals surface area contributed by atoms with Crippen molar-refractivity contribution in [2.75, 3.05) is 6.54 Å². The molecule has 0 saturated heterocycles. The highest BCUT2D eigenvalue weighted by Crippen LogP contribution is 2.30. The fourth-order valence-corrected chi connectivity index (χ4v) is 5.16. The molecule has 3 nitrogen and oxygen atoms in total. The largest absolute Gasteiger partial charge is 0.240 e. The van der Waals surface area contributed by atoms with E-state index in [4.69, 9.17) is 0 Å². The molecule has 0 aliphatic heterocycles. The lowest BCUT2D eigenvalue weighted by molar-refractivity contribution is 0.570. The third-order valence-corrected chi connectivity index (χ3v) is 7.36. The quantitative estimate of drug-likeness (QED) is 0.384. The number of thioether (sulfide) groups is 1. The first-order valence-electron chi connectivity index (χ1n) is 9.70. The van der Waals surface area contributed by atoms with Crippen LogP contribution in [0, 0.1) is 13.8 Å². The summed E-state index contributed by atoms with van der Waals surface area (Å²) in [5, 5.41) is 0.525. The number of unbranched alkanes of at least 4 members (excludes halogenated alkanes) is 1. The third kappa shape index (κ3) is 7.68. The van der Waals surface area contributed by atoms with Crippen molar-refractivity contribution in [3.63, 3.8) is 0 Å². The molecule has 0 heterocycles. The molecule has 0 aliphatic rings. The minimum Gasteiger partial charge on any atom is -0.211 e. The van der Waals surface area contributed by atoms with Crippen LogP contribution >= 0.6 is 11.8 Å². The summed E-state index contributed by atoms with van der Waals surface area (Å²) in [5.74, 6) is 0. The van der Waals surface area contributed by atoms with E-state index >= 15 is 0 Å². The van der Waals surface area contributed by atoms with Crippen LogP contribution in [0.3, 0.4) is 0 Å². The SMILES string of the molecule is CCCCC(CCCNS(=O)(=O)c1ccc(C)cc1)Sc1ccc(C)cc1. The molecule has 0 radical (unpaired) electrons. The Morgan fingerprint density at radius 1 is 0.889 bits per heavy atom. The van der Waals surface area contributed by atoms with Crippen molar-refractivity contribution in [2.45, 2.75) is 67.9 Å². The zero-order chi connectivity index (χ0) is 19.7. The van der Waals surface area contributed by atoms with E-state index in [1.165, 1.54) is 29.7 Å². The van der Waals surface area contributed by atoms with Crippen LogP contribution in [0.2, 0.25) is 0 Å². The predicted molar refractivity (Wildman–Crippen MR) is 116 cm³/mol. The summed E-state index contributed by atoms with van der Waals surface area (Å²) in [6.07, 6.45) is 5.41. The molecular weight excluding hydrogens is 374 g/mol. The highest BCUT2D eigenvalue weighted by molar-refractivity contribution is 8.00. The van der Waals surface area contributed by atoms with Gasteiger partial charge in [-0.25, -0.2) is 13.1 Å². The number of hydrogen-bond donors (Lipinski definition) is 1. The molecule has 0 aliphatic carbocycles. The lowest BCUT2D eigenvalue weighted by Crippen LogP contribution is -2.25. The molecule has 0 saturated carbocycles. The molecule has 1 unspecified atom stereocenters. The maximum Gasteiger partial charge on any atom is 0.240 e. The number of hydrogen-bond acceptors (Lipinski definition) is 3. The Bertz CT molecular complexity index is 784. The van der Waals surface area contributed by atoms with Crippen molar-refractivity contribution in [1.29, 1.82) is 0 Å².